The quantitative estimate of drug-likeness (QED) is 0.872. The summed E-state index contributed by atoms with van der Waals surface area (Å²) >= 11 is 3.37. The number of halogens is 1. The van der Waals surface area contributed by atoms with Crippen LogP contribution in [0.15, 0.2) is 41.0 Å². The van der Waals surface area contributed by atoms with E-state index in [0.29, 0.717) is 11.5 Å². The number of rotatable bonds is 3. The summed E-state index contributed by atoms with van der Waals surface area (Å²) in [6.07, 6.45) is 4.37. The number of carbonyl (C=O) groups is 1. The van der Waals surface area contributed by atoms with Crippen molar-refractivity contribution >= 4 is 27.7 Å². The monoisotopic (exact) mass is 361 g/mol. The maximum absolute atomic E-state index is 12.2. The molecule has 5 heteroatoms. The Balaban J connectivity index is 1.64. The van der Waals surface area contributed by atoms with Crippen molar-refractivity contribution in [1.82, 2.24) is 9.88 Å². The van der Waals surface area contributed by atoms with Gasteiger partial charge in [0.2, 0.25) is 0 Å². The number of nitrogens with zero attached hydrogens (tertiary/aromatic N) is 1. The van der Waals surface area contributed by atoms with E-state index < -0.39 is 0 Å². The van der Waals surface area contributed by atoms with Crippen LogP contribution in [-0.2, 0) is 0 Å². The highest BCUT2D eigenvalue weighted by Gasteiger charge is 2.19. The van der Waals surface area contributed by atoms with E-state index in [1.165, 1.54) is 18.4 Å². The minimum absolute atomic E-state index is 0.0933. The lowest BCUT2D eigenvalue weighted by atomic mass is 9.91. The molecule has 1 aliphatic heterocycles. The molecule has 1 aliphatic rings. The minimum atomic E-state index is -0.0933. The van der Waals surface area contributed by atoms with E-state index in [2.05, 4.69) is 44.2 Å². The number of hydrogen-bond acceptors (Lipinski definition) is 2. The fourth-order valence-corrected chi connectivity index (χ4v) is 3.12. The Hall–Kier alpha value is -1.59. The van der Waals surface area contributed by atoms with Crippen LogP contribution >= 0.6 is 15.9 Å². The number of H-pyrrole nitrogens is 1. The highest BCUT2D eigenvalue weighted by Crippen LogP contribution is 2.29. The SMILES string of the molecule is CN1CCC(c2c[nH]c(NC(=O)c3ccc(Br)cc3)c2)CC1. The zero-order chi connectivity index (χ0) is 15.5. The molecule has 2 aromatic rings. The van der Waals surface area contributed by atoms with Gasteiger partial charge in [-0.3, -0.25) is 4.79 Å². The van der Waals surface area contributed by atoms with Gasteiger partial charge in [0.1, 0.15) is 5.82 Å². The molecule has 3 rings (SSSR count). The Morgan fingerprint density at radius 3 is 2.64 bits per heavy atom. The van der Waals surface area contributed by atoms with E-state index in [-0.39, 0.29) is 5.91 Å². The number of carbonyl (C=O) groups excluding carboxylic acids is 1. The summed E-state index contributed by atoms with van der Waals surface area (Å²) in [6, 6.07) is 9.41. The molecule has 4 nitrogen and oxygen atoms in total. The van der Waals surface area contributed by atoms with Crippen molar-refractivity contribution in [1.29, 1.82) is 0 Å². The first-order valence-corrected chi connectivity index (χ1v) is 8.35. The van der Waals surface area contributed by atoms with E-state index in [4.69, 9.17) is 0 Å². The first-order valence-electron chi connectivity index (χ1n) is 7.55. The summed E-state index contributed by atoms with van der Waals surface area (Å²) in [6.45, 7) is 2.27. The third-order valence-electron chi connectivity index (χ3n) is 4.25. The van der Waals surface area contributed by atoms with Crippen LogP contribution < -0.4 is 5.32 Å². The van der Waals surface area contributed by atoms with Crippen molar-refractivity contribution in [2.45, 2.75) is 18.8 Å². The molecule has 2 N–H and O–H groups in total. The highest BCUT2D eigenvalue weighted by molar-refractivity contribution is 9.10. The topological polar surface area (TPSA) is 48.1 Å². The molecule has 2 heterocycles. The third kappa shape index (κ3) is 3.59. The van der Waals surface area contributed by atoms with Crippen molar-refractivity contribution in [2.75, 3.05) is 25.5 Å². The summed E-state index contributed by atoms with van der Waals surface area (Å²) in [4.78, 5) is 17.7. The number of aromatic nitrogens is 1. The van der Waals surface area contributed by atoms with E-state index in [9.17, 15) is 4.79 Å². The van der Waals surface area contributed by atoms with Crippen LogP contribution in [0.1, 0.15) is 34.7 Å². The molecule has 1 aromatic heterocycles. The molecule has 1 fully saturated rings. The van der Waals surface area contributed by atoms with E-state index in [0.717, 1.165) is 23.4 Å². The van der Waals surface area contributed by atoms with Crippen molar-refractivity contribution in [3.05, 3.63) is 52.1 Å². The number of likely N-dealkylation sites (tertiary alicyclic amines) is 1. The zero-order valence-electron chi connectivity index (χ0n) is 12.6. The number of benzene rings is 1. The van der Waals surface area contributed by atoms with Crippen LogP contribution in [0.4, 0.5) is 5.82 Å². The van der Waals surface area contributed by atoms with Gasteiger partial charge in [0.25, 0.3) is 5.91 Å². The number of aromatic amines is 1. The van der Waals surface area contributed by atoms with Gasteiger partial charge in [-0.15, -0.1) is 0 Å². The largest absolute Gasteiger partial charge is 0.348 e. The second kappa shape index (κ2) is 6.67. The Kier molecular flexibility index (Phi) is 4.64. The van der Waals surface area contributed by atoms with Crippen molar-refractivity contribution in [3.8, 4) is 0 Å². The van der Waals surface area contributed by atoms with Crippen molar-refractivity contribution < 1.29 is 4.79 Å². The second-order valence-corrected chi connectivity index (χ2v) is 6.80. The van der Waals surface area contributed by atoms with E-state index >= 15 is 0 Å². The average molecular weight is 362 g/mol. The third-order valence-corrected chi connectivity index (χ3v) is 4.78. The maximum Gasteiger partial charge on any atom is 0.256 e. The van der Waals surface area contributed by atoms with Crippen LogP contribution in [0, 0.1) is 0 Å². The lowest BCUT2D eigenvalue weighted by Gasteiger charge is -2.28. The lowest BCUT2D eigenvalue weighted by Crippen LogP contribution is -2.29. The van der Waals surface area contributed by atoms with Gasteiger partial charge in [0.15, 0.2) is 0 Å². The number of hydrogen-bond donors (Lipinski definition) is 2. The van der Waals surface area contributed by atoms with Crippen LogP contribution in [0.3, 0.4) is 0 Å². The molecule has 0 aliphatic carbocycles. The van der Waals surface area contributed by atoms with Crippen LogP contribution in [-0.4, -0.2) is 35.9 Å². The molecule has 0 radical (unpaired) electrons. The molecule has 1 saturated heterocycles. The molecular formula is C17H20BrN3O. The van der Waals surface area contributed by atoms with Gasteiger partial charge in [-0.25, -0.2) is 0 Å². The molecule has 0 spiro atoms. The molecule has 0 bridgehead atoms. The summed E-state index contributed by atoms with van der Waals surface area (Å²) in [5.41, 5.74) is 1.94. The van der Waals surface area contributed by atoms with Crippen LogP contribution in [0.25, 0.3) is 0 Å². The van der Waals surface area contributed by atoms with Crippen molar-refractivity contribution in [3.63, 3.8) is 0 Å². The predicted molar refractivity (Wildman–Crippen MR) is 92.4 cm³/mol. The number of anilines is 1. The van der Waals surface area contributed by atoms with Crippen LogP contribution in [0.5, 0.6) is 0 Å². The summed E-state index contributed by atoms with van der Waals surface area (Å²) in [7, 11) is 2.16. The van der Waals surface area contributed by atoms with Gasteiger partial charge < -0.3 is 15.2 Å². The smallest absolute Gasteiger partial charge is 0.256 e. The van der Waals surface area contributed by atoms with Gasteiger partial charge in [-0.05, 0) is 74.8 Å². The maximum atomic E-state index is 12.2. The average Bonchev–Trinajstić information content (AvgIpc) is 2.97. The van der Waals surface area contributed by atoms with Gasteiger partial charge in [-0.2, -0.15) is 0 Å². The molecule has 1 amide bonds. The van der Waals surface area contributed by atoms with Crippen LogP contribution in [0.2, 0.25) is 0 Å². The minimum Gasteiger partial charge on any atom is -0.348 e. The number of amides is 1. The van der Waals surface area contributed by atoms with Gasteiger partial charge in [0.05, 0.1) is 0 Å². The Bertz CT molecular complexity index is 642. The fraction of sp³-hybridized carbons (Fsp3) is 0.353. The Labute approximate surface area is 139 Å². The zero-order valence-corrected chi connectivity index (χ0v) is 14.2. The predicted octanol–water partition coefficient (Wildman–Crippen LogP) is 3.84. The summed E-state index contributed by atoms with van der Waals surface area (Å²) in [5, 5.41) is 2.93. The normalized spacial score (nSPS) is 16.6. The molecule has 1 aromatic carbocycles. The van der Waals surface area contributed by atoms with E-state index in [1.807, 2.05) is 18.3 Å². The number of piperidine rings is 1. The van der Waals surface area contributed by atoms with Crippen molar-refractivity contribution in [2.24, 2.45) is 0 Å². The molecular weight excluding hydrogens is 342 g/mol. The van der Waals surface area contributed by atoms with Gasteiger partial charge in [-0.1, -0.05) is 15.9 Å². The van der Waals surface area contributed by atoms with Gasteiger partial charge >= 0.3 is 0 Å². The molecule has 22 heavy (non-hydrogen) atoms. The second-order valence-electron chi connectivity index (χ2n) is 5.89. The Morgan fingerprint density at radius 1 is 1.27 bits per heavy atom. The molecule has 0 unspecified atom stereocenters. The highest BCUT2D eigenvalue weighted by atomic mass is 79.9. The Morgan fingerprint density at radius 2 is 1.95 bits per heavy atom. The molecule has 0 atom stereocenters. The molecule has 0 saturated carbocycles. The summed E-state index contributed by atoms with van der Waals surface area (Å²) in [5.74, 6) is 1.26. The first-order chi connectivity index (χ1) is 10.6. The van der Waals surface area contributed by atoms with Gasteiger partial charge in [0, 0.05) is 16.2 Å². The molecule has 116 valence electrons. The lowest BCUT2D eigenvalue weighted by molar-refractivity contribution is 0.102. The summed E-state index contributed by atoms with van der Waals surface area (Å²) < 4.78 is 0.966. The first kappa shape index (κ1) is 15.3. The standard InChI is InChI=1S/C17H20BrN3O/c1-21-8-6-12(7-9-21)14-10-16(19-11-14)20-17(22)13-2-4-15(18)5-3-13/h2-5,10-12,19H,6-9H2,1H3,(H,20,22). The van der Waals surface area contributed by atoms with E-state index in [1.54, 1.807) is 12.1 Å². The number of nitrogens with one attached hydrogen (secondary N) is 2. The fourth-order valence-electron chi connectivity index (χ4n) is 2.86.